The fourth-order valence-electron chi connectivity index (χ4n) is 2.16. The molecule has 0 unspecified atom stereocenters. The van der Waals surface area contributed by atoms with Crippen LogP contribution in [0.5, 0.6) is 5.75 Å². The Bertz CT molecular complexity index is 797. The standard InChI is InChI=1S/C18H15NO3/c1-21-16-7-4-13(5-8-16)12-22-18(20)15-6-9-17-14(11-15)3-2-10-19-17/h2-11H,12H2,1H3. The summed E-state index contributed by atoms with van der Waals surface area (Å²) in [5.41, 5.74) is 2.29. The molecule has 2 aromatic carbocycles. The fourth-order valence-corrected chi connectivity index (χ4v) is 2.16. The number of ether oxygens (including phenoxy) is 2. The summed E-state index contributed by atoms with van der Waals surface area (Å²) in [4.78, 5) is 16.3. The molecule has 0 aliphatic rings. The Morgan fingerprint density at radius 1 is 1.09 bits per heavy atom. The molecule has 0 spiro atoms. The number of hydrogen-bond acceptors (Lipinski definition) is 4. The molecule has 1 aromatic heterocycles. The largest absolute Gasteiger partial charge is 0.497 e. The van der Waals surface area contributed by atoms with E-state index in [0.717, 1.165) is 22.2 Å². The minimum Gasteiger partial charge on any atom is -0.497 e. The van der Waals surface area contributed by atoms with Gasteiger partial charge in [-0.3, -0.25) is 4.98 Å². The number of esters is 1. The summed E-state index contributed by atoms with van der Waals surface area (Å²) in [6.45, 7) is 0.230. The maximum absolute atomic E-state index is 12.1. The molecule has 0 saturated carbocycles. The molecule has 0 bridgehead atoms. The Morgan fingerprint density at radius 2 is 1.91 bits per heavy atom. The van der Waals surface area contributed by atoms with E-state index in [2.05, 4.69) is 4.98 Å². The topological polar surface area (TPSA) is 48.4 Å². The first kappa shape index (κ1) is 14.1. The average Bonchev–Trinajstić information content (AvgIpc) is 2.59. The highest BCUT2D eigenvalue weighted by atomic mass is 16.5. The van der Waals surface area contributed by atoms with Crippen LogP contribution in [0.25, 0.3) is 10.9 Å². The van der Waals surface area contributed by atoms with E-state index in [1.807, 2.05) is 42.5 Å². The van der Waals surface area contributed by atoms with Crippen molar-refractivity contribution in [2.45, 2.75) is 6.61 Å². The summed E-state index contributed by atoms with van der Waals surface area (Å²) >= 11 is 0. The molecule has 22 heavy (non-hydrogen) atoms. The van der Waals surface area contributed by atoms with Crippen molar-refractivity contribution < 1.29 is 14.3 Å². The second kappa shape index (κ2) is 6.26. The molecule has 0 N–H and O–H groups in total. The van der Waals surface area contributed by atoms with Crippen LogP contribution in [0.15, 0.2) is 60.8 Å². The Morgan fingerprint density at radius 3 is 2.68 bits per heavy atom. The number of aromatic nitrogens is 1. The minimum atomic E-state index is -0.346. The molecular weight excluding hydrogens is 278 g/mol. The van der Waals surface area contributed by atoms with Crippen LogP contribution in [-0.4, -0.2) is 18.1 Å². The van der Waals surface area contributed by atoms with Crippen LogP contribution in [0, 0.1) is 0 Å². The van der Waals surface area contributed by atoms with Gasteiger partial charge in [-0.2, -0.15) is 0 Å². The van der Waals surface area contributed by atoms with Gasteiger partial charge in [-0.1, -0.05) is 18.2 Å². The molecular formula is C18H15NO3. The lowest BCUT2D eigenvalue weighted by Crippen LogP contribution is -2.05. The van der Waals surface area contributed by atoms with Crippen molar-refractivity contribution in [3.8, 4) is 5.75 Å². The van der Waals surface area contributed by atoms with E-state index in [9.17, 15) is 4.79 Å². The Balaban J connectivity index is 1.69. The lowest BCUT2D eigenvalue weighted by atomic mass is 10.1. The molecule has 0 radical (unpaired) electrons. The molecule has 1 heterocycles. The molecule has 3 aromatic rings. The summed E-state index contributed by atoms with van der Waals surface area (Å²) in [6.07, 6.45) is 1.73. The number of nitrogens with zero attached hydrogens (tertiary/aromatic N) is 1. The van der Waals surface area contributed by atoms with E-state index in [1.165, 1.54) is 0 Å². The van der Waals surface area contributed by atoms with Crippen LogP contribution in [0.1, 0.15) is 15.9 Å². The van der Waals surface area contributed by atoms with Gasteiger partial charge in [0.05, 0.1) is 18.2 Å². The van der Waals surface area contributed by atoms with Gasteiger partial charge in [0.15, 0.2) is 0 Å². The highest BCUT2D eigenvalue weighted by Gasteiger charge is 2.08. The zero-order valence-electron chi connectivity index (χ0n) is 12.2. The van der Waals surface area contributed by atoms with Crippen LogP contribution in [0.2, 0.25) is 0 Å². The number of benzene rings is 2. The molecule has 4 heteroatoms. The highest BCUT2D eigenvalue weighted by molar-refractivity contribution is 5.94. The van der Waals surface area contributed by atoms with E-state index in [1.54, 1.807) is 25.4 Å². The summed E-state index contributed by atoms with van der Waals surface area (Å²) < 4.78 is 10.4. The van der Waals surface area contributed by atoms with Gasteiger partial charge in [0, 0.05) is 11.6 Å². The van der Waals surface area contributed by atoms with Gasteiger partial charge in [0.25, 0.3) is 0 Å². The Labute approximate surface area is 128 Å². The summed E-state index contributed by atoms with van der Waals surface area (Å²) in [5, 5.41) is 0.918. The van der Waals surface area contributed by atoms with Crippen LogP contribution < -0.4 is 4.74 Å². The Kier molecular flexibility index (Phi) is 4.01. The Hall–Kier alpha value is -2.88. The van der Waals surface area contributed by atoms with Crippen molar-refractivity contribution in [3.63, 3.8) is 0 Å². The van der Waals surface area contributed by atoms with Crippen LogP contribution in [0.4, 0.5) is 0 Å². The first-order valence-corrected chi connectivity index (χ1v) is 6.91. The first-order chi connectivity index (χ1) is 10.8. The fraction of sp³-hybridized carbons (Fsp3) is 0.111. The normalized spacial score (nSPS) is 10.4. The van der Waals surface area contributed by atoms with Gasteiger partial charge in [0.1, 0.15) is 12.4 Å². The lowest BCUT2D eigenvalue weighted by Gasteiger charge is -2.06. The van der Waals surface area contributed by atoms with Gasteiger partial charge < -0.3 is 9.47 Å². The predicted molar refractivity (Wildman–Crippen MR) is 83.9 cm³/mol. The van der Waals surface area contributed by atoms with Crippen molar-refractivity contribution >= 4 is 16.9 Å². The van der Waals surface area contributed by atoms with Crippen molar-refractivity contribution in [2.24, 2.45) is 0 Å². The number of rotatable bonds is 4. The van der Waals surface area contributed by atoms with Crippen molar-refractivity contribution in [1.82, 2.24) is 4.98 Å². The SMILES string of the molecule is COc1ccc(COC(=O)c2ccc3ncccc3c2)cc1. The zero-order chi connectivity index (χ0) is 15.4. The third-order valence-corrected chi connectivity index (χ3v) is 3.37. The third-order valence-electron chi connectivity index (χ3n) is 3.37. The van der Waals surface area contributed by atoms with Crippen molar-refractivity contribution in [1.29, 1.82) is 0 Å². The zero-order valence-corrected chi connectivity index (χ0v) is 12.2. The van der Waals surface area contributed by atoms with Crippen LogP contribution in [-0.2, 0) is 11.3 Å². The van der Waals surface area contributed by atoms with Gasteiger partial charge in [-0.25, -0.2) is 4.79 Å². The molecule has 0 aliphatic carbocycles. The van der Waals surface area contributed by atoms with Gasteiger partial charge >= 0.3 is 5.97 Å². The number of carbonyl (C=O) groups excluding carboxylic acids is 1. The molecule has 0 amide bonds. The number of methoxy groups -OCH3 is 1. The summed E-state index contributed by atoms with van der Waals surface area (Å²) in [6, 6.07) is 16.5. The second-order valence-electron chi connectivity index (χ2n) is 4.84. The number of pyridine rings is 1. The first-order valence-electron chi connectivity index (χ1n) is 6.91. The number of hydrogen-bond donors (Lipinski definition) is 0. The number of carbonyl (C=O) groups is 1. The number of fused-ring (bicyclic) bond motifs is 1. The quantitative estimate of drug-likeness (QED) is 0.690. The lowest BCUT2D eigenvalue weighted by molar-refractivity contribution is 0.0473. The van der Waals surface area contributed by atoms with Crippen LogP contribution in [0.3, 0.4) is 0 Å². The average molecular weight is 293 g/mol. The molecule has 4 nitrogen and oxygen atoms in total. The summed E-state index contributed by atoms with van der Waals surface area (Å²) in [7, 11) is 1.61. The predicted octanol–water partition coefficient (Wildman–Crippen LogP) is 3.60. The monoisotopic (exact) mass is 293 g/mol. The molecule has 110 valence electrons. The summed E-state index contributed by atoms with van der Waals surface area (Å²) in [5.74, 6) is 0.429. The van der Waals surface area contributed by atoms with E-state index in [-0.39, 0.29) is 12.6 Å². The molecule has 0 atom stereocenters. The smallest absolute Gasteiger partial charge is 0.338 e. The highest BCUT2D eigenvalue weighted by Crippen LogP contribution is 2.16. The van der Waals surface area contributed by atoms with Gasteiger partial charge in [-0.05, 0) is 42.0 Å². The van der Waals surface area contributed by atoms with Crippen molar-refractivity contribution in [2.75, 3.05) is 7.11 Å². The van der Waals surface area contributed by atoms with Gasteiger partial charge in [-0.15, -0.1) is 0 Å². The minimum absolute atomic E-state index is 0.230. The third kappa shape index (κ3) is 3.06. The molecule has 3 rings (SSSR count). The maximum Gasteiger partial charge on any atom is 0.338 e. The van der Waals surface area contributed by atoms with E-state index < -0.39 is 0 Å². The van der Waals surface area contributed by atoms with E-state index in [4.69, 9.17) is 9.47 Å². The van der Waals surface area contributed by atoms with E-state index in [0.29, 0.717) is 5.56 Å². The van der Waals surface area contributed by atoms with Gasteiger partial charge in [0.2, 0.25) is 0 Å². The maximum atomic E-state index is 12.1. The van der Waals surface area contributed by atoms with E-state index >= 15 is 0 Å². The second-order valence-corrected chi connectivity index (χ2v) is 4.84. The molecule has 0 fully saturated rings. The van der Waals surface area contributed by atoms with Crippen LogP contribution >= 0.6 is 0 Å². The molecule has 0 aliphatic heterocycles. The molecule has 0 saturated heterocycles. The van der Waals surface area contributed by atoms with Crippen molar-refractivity contribution in [3.05, 3.63) is 71.9 Å².